The minimum atomic E-state index is -0.427. The predicted octanol–water partition coefficient (Wildman–Crippen LogP) is 6.56. The van der Waals surface area contributed by atoms with E-state index in [4.69, 9.17) is 4.74 Å². The summed E-state index contributed by atoms with van der Waals surface area (Å²) in [5.41, 5.74) is 5.52. The maximum atomic E-state index is 14.4. The fourth-order valence-corrected chi connectivity index (χ4v) is 5.42. The second-order valence-electron chi connectivity index (χ2n) is 9.62. The zero-order chi connectivity index (χ0) is 26.5. The van der Waals surface area contributed by atoms with Gasteiger partial charge in [-0.15, -0.1) is 0 Å². The summed E-state index contributed by atoms with van der Waals surface area (Å²) in [6, 6.07) is 35.7. The zero-order valence-corrected chi connectivity index (χ0v) is 21.8. The first-order valence-electron chi connectivity index (χ1n) is 13.0. The summed E-state index contributed by atoms with van der Waals surface area (Å²) in [6.07, 6.45) is 2.40. The summed E-state index contributed by atoms with van der Waals surface area (Å²) < 4.78 is 4.99. The largest absolute Gasteiger partial charge is 0.465 e. The fourth-order valence-electron chi connectivity index (χ4n) is 5.42. The second-order valence-corrected chi connectivity index (χ2v) is 9.62. The molecule has 1 aliphatic heterocycles. The minimum Gasteiger partial charge on any atom is -0.465 e. The van der Waals surface area contributed by atoms with Crippen molar-refractivity contribution < 1.29 is 14.3 Å². The summed E-state index contributed by atoms with van der Waals surface area (Å²) >= 11 is 0. The highest BCUT2D eigenvalue weighted by Gasteiger charge is 2.35. The van der Waals surface area contributed by atoms with Gasteiger partial charge in [0.25, 0.3) is 0 Å². The van der Waals surface area contributed by atoms with E-state index < -0.39 is 5.92 Å². The molecule has 1 aliphatic rings. The highest BCUT2D eigenvalue weighted by molar-refractivity contribution is 5.91. The third-order valence-corrected chi connectivity index (χ3v) is 7.31. The van der Waals surface area contributed by atoms with Crippen LogP contribution in [-0.2, 0) is 16.0 Å². The number of anilines is 2. The normalized spacial score (nSPS) is 14.9. The molecule has 0 spiro atoms. The van der Waals surface area contributed by atoms with Gasteiger partial charge in [-0.1, -0.05) is 84.9 Å². The molecule has 0 saturated carbocycles. The number of benzene rings is 4. The Labute approximate surface area is 224 Å². The summed E-state index contributed by atoms with van der Waals surface area (Å²) in [5, 5.41) is 0. The van der Waals surface area contributed by atoms with Gasteiger partial charge in [-0.3, -0.25) is 4.79 Å². The van der Waals surface area contributed by atoms with Crippen LogP contribution in [0.1, 0.15) is 45.8 Å². The number of carbonyl (C=O) groups is 2. The number of ether oxygens (including phenoxy) is 1. The first kappa shape index (κ1) is 25.3. The summed E-state index contributed by atoms with van der Waals surface area (Å²) in [7, 11) is 3.29. The van der Waals surface area contributed by atoms with E-state index in [1.54, 1.807) is 6.07 Å². The molecule has 5 rings (SSSR count). The van der Waals surface area contributed by atoms with Crippen LogP contribution in [0.4, 0.5) is 11.4 Å². The van der Waals surface area contributed by atoms with E-state index in [0.29, 0.717) is 5.56 Å². The molecule has 1 heterocycles. The molecule has 1 amide bonds. The van der Waals surface area contributed by atoms with Gasteiger partial charge in [0.05, 0.1) is 18.6 Å². The van der Waals surface area contributed by atoms with Crippen molar-refractivity contribution >= 4 is 23.3 Å². The van der Waals surface area contributed by atoms with Crippen LogP contribution in [0.15, 0.2) is 109 Å². The molecule has 0 saturated heterocycles. The van der Waals surface area contributed by atoms with Gasteiger partial charge in [0.15, 0.2) is 0 Å². The molecular weight excluding hydrogens is 472 g/mol. The van der Waals surface area contributed by atoms with E-state index in [2.05, 4.69) is 23.1 Å². The van der Waals surface area contributed by atoms with Crippen molar-refractivity contribution in [2.24, 2.45) is 0 Å². The first-order chi connectivity index (χ1) is 18.6. The van der Waals surface area contributed by atoms with Crippen LogP contribution in [0.25, 0.3) is 0 Å². The van der Waals surface area contributed by atoms with Gasteiger partial charge in [0, 0.05) is 18.4 Å². The number of rotatable bonds is 6. The van der Waals surface area contributed by atoms with Crippen LogP contribution in [0, 0.1) is 0 Å². The van der Waals surface area contributed by atoms with Gasteiger partial charge < -0.3 is 14.5 Å². The quantitative estimate of drug-likeness (QED) is 0.279. The third kappa shape index (κ3) is 5.05. The van der Waals surface area contributed by atoms with Crippen molar-refractivity contribution in [2.75, 3.05) is 19.1 Å². The number of amides is 1. The number of para-hydroxylation sites is 1. The third-order valence-electron chi connectivity index (χ3n) is 7.31. The van der Waals surface area contributed by atoms with Gasteiger partial charge >= 0.3 is 5.97 Å². The van der Waals surface area contributed by atoms with E-state index in [-0.39, 0.29) is 18.0 Å². The van der Waals surface area contributed by atoms with Gasteiger partial charge in [-0.25, -0.2) is 4.79 Å². The number of hydrogen-bond donors (Lipinski definition) is 0. The summed E-state index contributed by atoms with van der Waals surface area (Å²) in [6.45, 7) is 0. The monoisotopic (exact) mass is 504 g/mol. The van der Waals surface area contributed by atoms with Crippen molar-refractivity contribution in [3.05, 3.63) is 131 Å². The van der Waals surface area contributed by atoms with Gasteiger partial charge in [0.1, 0.15) is 6.17 Å². The molecule has 1 unspecified atom stereocenters. The topological polar surface area (TPSA) is 49.9 Å². The Kier molecular flexibility index (Phi) is 7.55. The smallest absolute Gasteiger partial charge is 0.337 e. The van der Waals surface area contributed by atoms with E-state index >= 15 is 0 Å². The highest BCUT2D eigenvalue weighted by Crippen LogP contribution is 2.38. The van der Waals surface area contributed by atoms with Crippen molar-refractivity contribution in [1.29, 1.82) is 0 Å². The number of likely N-dealkylation sites (N-methyl/N-ethyl adjacent to an activating group) is 1. The molecule has 0 aromatic heterocycles. The number of methoxy groups -OCH3 is 1. The maximum Gasteiger partial charge on any atom is 0.337 e. The van der Waals surface area contributed by atoms with Crippen LogP contribution in [0.3, 0.4) is 0 Å². The molecule has 5 heteroatoms. The Hall–Kier alpha value is -4.38. The van der Waals surface area contributed by atoms with Crippen LogP contribution in [0.2, 0.25) is 0 Å². The lowest BCUT2D eigenvalue weighted by Gasteiger charge is -2.40. The van der Waals surface area contributed by atoms with Gasteiger partial charge in [-0.05, 0) is 60.2 Å². The van der Waals surface area contributed by atoms with Crippen LogP contribution >= 0.6 is 0 Å². The average molecular weight is 505 g/mol. The molecule has 4 aromatic carbocycles. The Balaban J connectivity index is 1.60. The van der Waals surface area contributed by atoms with Crippen molar-refractivity contribution in [3.8, 4) is 0 Å². The minimum absolute atomic E-state index is 0.0286. The molecule has 4 aromatic rings. The molecule has 1 atom stereocenters. The van der Waals surface area contributed by atoms with E-state index in [0.717, 1.165) is 41.8 Å². The van der Waals surface area contributed by atoms with Crippen LogP contribution in [-0.4, -0.2) is 37.1 Å². The number of hydrogen-bond acceptors (Lipinski definition) is 4. The summed E-state index contributed by atoms with van der Waals surface area (Å²) in [4.78, 5) is 30.9. The molecule has 0 bridgehead atoms. The standard InChI is InChI=1S/C33H32N2O3/c1-34(32(36)31(25-14-5-3-6-15-25)26-16-7-4-8-17-26)30-22-12-18-24-13-9-10-21-29(24)35(30)28-20-11-19-27(23-28)33(37)38-2/h3-11,13-17,19-21,23,30-31H,12,18,22H2,1-2H3. The molecular formula is C33H32N2O3. The Bertz CT molecular complexity index is 1360. The Morgan fingerprint density at radius 3 is 2.13 bits per heavy atom. The lowest BCUT2D eigenvalue weighted by molar-refractivity contribution is -0.132. The molecule has 0 N–H and O–H groups in total. The maximum absolute atomic E-state index is 14.4. The SMILES string of the molecule is COC(=O)c1cccc(N2c3ccccc3CCCC2N(C)C(=O)C(c2ccccc2)c2ccccc2)c1. The van der Waals surface area contributed by atoms with Gasteiger partial charge in [0.2, 0.25) is 5.91 Å². The van der Waals surface area contributed by atoms with Crippen molar-refractivity contribution in [3.63, 3.8) is 0 Å². The summed E-state index contributed by atoms with van der Waals surface area (Å²) in [5.74, 6) is -0.783. The molecule has 5 nitrogen and oxygen atoms in total. The number of esters is 1. The number of nitrogens with zero attached hydrogens (tertiary/aromatic N) is 2. The predicted molar refractivity (Wildman–Crippen MR) is 151 cm³/mol. The number of fused-ring (bicyclic) bond motifs is 1. The van der Waals surface area contributed by atoms with E-state index in [9.17, 15) is 9.59 Å². The second kappa shape index (κ2) is 11.3. The van der Waals surface area contributed by atoms with Crippen molar-refractivity contribution in [2.45, 2.75) is 31.3 Å². The Morgan fingerprint density at radius 2 is 1.47 bits per heavy atom. The van der Waals surface area contributed by atoms with E-state index in [1.807, 2.05) is 96.9 Å². The molecule has 0 radical (unpaired) electrons. The fraction of sp³-hybridized carbons (Fsp3) is 0.212. The molecule has 38 heavy (non-hydrogen) atoms. The van der Waals surface area contributed by atoms with E-state index in [1.165, 1.54) is 12.7 Å². The molecule has 192 valence electrons. The molecule has 0 aliphatic carbocycles. The average Bonchev–Trinajstić information content (AvgIpc) is 3.17. The van der Waals surface area contributed by atoms with Crippen LogP contribution < -0.4 is 4.90 Å². The number of carbonyl (C=O) groups excluding carboxylic acids is 2. The number of aryl methyl sites for hydroxylation is 1. The molecule has 0 fully saturated rings. The van der Waals surface area contributed by atoms with Gasteiger partial charge in [-0.2, -0.15) is 0 Å². The van der Waals surface area contributed by atoms with Crippen LogP contribution in [0.5, 0.6) is 0 Å². The zero-order valence-electron chi connectivity index (χ0n) is 21.8. The first-order valence-corrected chi connectivity index (χ1v) is 13.0. The lowest BCUT2D eigenvalue weighted by Crippen LogP contribution is -2.48. The van der Waals surface area contributed by atoms with Crippen molar-refractivity contribution in [1.82, 2.24) is 4.90 Å². The lowest BCUT2D eigenvalue weighted by atomic mass is 9.90. The Morgan fingerprint density at radius 1 is 0.842 bits per heavy atom. The highest BCUT2D eigenvalue weighted by atomic mass is 16.5.